The average molecular weight is 237 g/mol. The smallest absolute Gasteiger partial charge is 0.0572 e. The first-order valence-electron chi connectivity index (χ1n) is 5.86. The minimum absolute atomic E-state index is 0.543. The maximum Gasteiger partial charge on any atom is 0.0572 e. The third-order valence-corrected chi connectivity index (χ3v) is 4.34. The van der Waals surface area contributed by atoms with E-state index in [1.165, 1.54) is 29.9 Å². The summed E-state index contributed by atoms with van der Waals surface area (Å²) in [6, 6.07) is 11.2. The van der Waals surface area contributed by atoms with Crippen LogP contribution in [0.25, 0.3) is 0 Å². The maximum atomic E-state index is 5.05. The summed E-state index contributed by atoms with van der Waals surface area (Å²) in [5.74, 6) is 1.93. The lowest BCUT2D eigenvalue weighted by molar-refractivity contribution is 0.0518. The SMILES string of the molecule is CONC1CCCC1CSc1ccccc1. The van der Waals surface area contributed by atoms with Gasteiger partial charge in [0.2, 0.25) is 0 Å². The fourth-order valence-electron chi connectivity index (χ4n) is 2.26. The predicted molar refractivity (Wildman–Crippen MR) is 68.4 cm³/mol. The van der Waals surface area contributed by atoms with Crippen molar-refractivity contribution in [2.24, 2.45) is 5.92 Å². The van der Waals surface area contributed by atoms with Gasteiger partial charge >= 0.3 is 0 Å². The molecule has 0 aromatic heterocycles. The first kappa shape index (κ1) is 12.0. The molecule has 1 aromatic rings. The van der Waals surface area contributed by atoms with Crippen molar-refractivity contribution in [1.29, 1.82) is 0 Å². The van der Waals surface area contributed by atoms with Crippen LogP contribution in [0.2, 0.25) is 0 Å². The molecule has 1 fully saturated rings. The van der Waals surface area contributed by atoms with Crippen LogP contribution in [0.15, 0.2) is 35.2 Å². The summed E-state index contributed by atoms with van der Waals surface area (Å²) >= 11 is 1.95. The van der Waals surface area contributed by atoms with E-state index in [0.717, 1.165) is 5.92 Å². The highest BCUT2D eigenvalue weighted by Gasteiger charge is 2.26. The lowest BCUT2D eigenvalue weighted by atomic mass is 10.1. The fraction of sp³-hybridized carbons (Fsp3) is 0.538. The Labute approximate surface area is 102 Å². The standard InChI is InChI=1S/C13H19NOS/c1-15-14-13-9-5-6-11(13)10-16-12-7-3-2-4-8-12/h2-4,7-8,11,13-14H,5-6,9-10H2,1H3. The number of hydroxylamine groups is 1. The Hall–Kier alpha value is -0.510. The molecule has 1 aliphatic carbocycles. The molecule has 0 bridgehead atoms. The van der Waals surface area contributed by atoms with Crippen LogP contribution >= 0.6 is 11.8 Å². The maximum absolute atomic E-state index is 5.05. The van der Waals surface area contributed by atoms with Crippen molar-refractivity contribution in [1.82, 2.24) is 5.48 Å². The summed E-state index contributed by atoms with van der Waals surface area (Å²) in [4.78, 5) is 6.42. The number of benzene rings is 1. The molecule has 2 nitrogen and oxygen atoms in total. The van der Waals surface area contributed by atoms with Crippen molar-refractivity contribution in [2.75, 3.05) is 12.9 Å². The Kier molecular flexibility index (Phi) is 4.69. The number of hydrogen-bond acceptors (Lipinski definition) is 3. The minimum Gasteiger partial charge on any atom is -0.305 e. The van der Waals surface area contributed by atoms with Gasteiger partial charge in [0, 0.05) is 16.7 Å². The van der Waals surface area contributed by atoms with Gasteiger partial charge in [-0.2, -0.15) is 5.48 Å². The zero-order chi connectivity index (χ0) is 11.2. The monoisotopic (exact) mass is 237 g/mol. The third-order valence-electron chi connectivity index (χ3n) is 3.14. The zero-order valence-corrected chi connectivity index (χ0v) is 10.5. The van der Waals surface area contributed by atoms with Gasteiger partial charge in [-0.25, -0.2) is 0 Å². The van der Waals surface area contributed by atoms with Crippen molar-refractivity contribution in [3.05, 3.63) is 30.3 Å². The van der Waals surface area contributed by atoms with Gasteiger partial charge in [-0.05, 0) is 30.9 Å². The first-order chi connectivity index (χ1) is 7.90. The molecule has 2 rings (SSSR count). The van der Waals surface area contributed by atoms with Crippen LogP contribution in [0.1, 0.15) is 19.3 Å². The Morgan fingerprint density at radius 2 is 2.12 bits per heavy atom. The summed E-state index contributed by atoms with van der Waals surface area (Å²) in [5.41, 5.74) is 3.12. The first-order valence-corrected chi connectivity index (χ1v) is 6.85. The Bertz CT molecular complexity index is 304. The highest BCUT2D eigenvalue weighted by molar-refractivity contribution is 7.99. The van der Waals surface area contributed by atoms with Crippen LogP contribution in [0, 0.1) is 5.92 Å². The van der Waals surface area contributed by atoms with Gasteiger partial charge in [0.25, 0.3) is 0 Å². The van der Waals surface area contributed by atoms with E-state index >= 15 is 0 Å². The van der Waals surface area contributed by atoms with Crippen molar-refractivity contribution in [3.63, 3.8) is 0 Å². The highest BCUT2D eigenvalue weighted by Crippen LogP contribution is 2.31. The summed E-state index contributed by atoms with van der Waals surface area (Å²) in [5, 5.41) is 0. The van der Waals surface area contributed by atoms with Gasteiger partial charge in [-0.3, -0.25) is 0 Å². The molecule has 0 saturated heterocycles. The van der Waals surface area contributed by atoms with Crippen molar-refractivity contribution in [2.45, 2.75) is 30.2 Å². The van der Waals surface area contributed by atoms with Gasteiger partial charge in [0.05, 0.1) is 7.11 Å². The van der Waals surface area contributed by atoms with E-state index in [0.29, 0.717) is 6.04 Å². The second-order valence-corrected chi connectivity index (χ2v) is 5.34. The van der Waals surface area contributed by atoms with E-state index in [1.54, 1.807) is 7.11 Å². The minimum atomic E-state index is 0.543. The molecule has 16 heavy (non-hydrogen) atoms. The molecule has 1 N–H and O–H groups in total. The van der Waals surface area contributed by atoms with Crippen molar-refractivity contribution >= 4 is 11.8 Å². The summed E-state index contributed by atoms with van der Waals surface area (Å²) in [6.07, 6.45) is 3.88. The zero-order valence-electron chi connectivity index (χ0n) is 9.69. The quantitative estimate of drug-likeness (QED) is 0.628. The molecule has 1 saturated carbocycles. The van der Waals surface area contributed by atoms with E-state index in [-0.39, 0.29) is 0 Å². The molecule has 1 aromatic carbocycles. The van der Waals surface area contributed by atoms with Gasteiger partial charge < -0.3 is 4.84 Å². The number of nitrogens with one attached hydrogen (secondary N) is 1. The molecule has 0 spiro atoms. The van der Waals surface area contributed by atoms with E-state index in [9.17, 15) is 0 Å². The van der Waals surface area contributed by atoms with Crippen LogP contribution in [-0.2, 0) is 4.84 Å². The highest BCUT2D eigenvalue weighted by atomic mass is 32.2. The molecule has 0 aliphatic heterocycles. The molecule has 2 unspecified atom stereocenters. The molecule has 1 aliphatic rings. The topological polar surface area (TPSA) is 21.3 Å². The average Bonchev–Trinajstić information content (AvgIpc) is 2.76. The fourth-order valence-corrected chi connectivity index (χ4v) is 3.42. The van der Waals surface area contributed by atoms with Crippen molar-refractivity contribution < 1.29 is 4.84 Å². The van der Waals surface area contributed by atoms with Gasteiger partial charge in [-0.1, -0.05) is 24.6 Å². The molecule has 2 atom stereocenters. The lowest BCUT2D eigenvalue weighted by Crippen LogP contribution is -2.32. The summed E-state index contributed by atoms with van der Waals surface area (Å²) in [7, 11) is 1.71. The Morgan fingerprint density at radius 1 is 1.31 bits per heavy atom. The van der Waals surface area contributed by atoms with Crippen LogP contribution < -0.4 is 5.48 Å². The van der Waals surface area contributed by atoms with Crippen LogP contribution in [0.4, 0.5) is 0 Å². The van der Waals surface area contributed by atoms with Crippen LogP contribution in [0.5, 0.6) is 0 Å². The number of rotatable bonds is 5. The van der Waals surface area contributed by atoms with E-state index in [4.69, 9.17) is 4.84 Å². The molecule has 3 heteroatoms. The van der Waals surface area contributed by atoms with E-state index < -0.39 is 0 Å². The predicted octanol–water partition coefficient (Wildman–Crippen LogP) is 3.10. The van der Waals surface area contributed by atoms with Crippen LogP contribution in [-0.4, -0.2) is 18.9 Å². The van der Waals surface area contributed by atoms with Gasteiger partial charge in [0.1, 0.15) is 0 Å². The largest absolute Gasteiger partial charge is 0.305 e. The van der Waals surface area contributed by atoms with Crippen molar-refractivity contribution in [3.8, 4) is 0 Å². The second kappa shape index (κ2) is 6.28. The third kappa shape index (κ3) is 3.24. The van der Waals surface area contributed by atoms with Crippen LogP contribution in [0.3, 0.4) is 0 Å². The van der Waals surface area contributed by atoms with E-state index in [1.807, 2.05) is 11.8 Å². The molecule has 0 radical (unpaired) electrons. The molecule has 0 heterocycles. The number of thioether (sulfide) groups is 1. The molecular formula is C13H19NOS. The number of hydrogen-bond donors (Lipinski definition) is 1. The Balaban J connectivity index is 1.81. The molecule has 88 valence electrons. The van der Waals surface area contributed by atoms with Gasteiger partial charge in [-0.15, -0.1) is 11.8 Å². The molecule has 0 amide bonds. The normalized spacial score (nSPS) is 24.8. The molecular weight excluding hydrogens is 218 g/mol. The lowest BCUT2D eigenvalue weighted by Gasteiger charge is -2.19. The Morgan fingerprint density at radius 3 is 2.88 bits per heavy atom. The summed E-state index contributed by atoms with van der Waals surface area (Å²) < 4.78 is 0. The second-order valence-electron chi connectivity index (χ2n) is 4.24. The summed E-state index contributed by atoms with van der Waals surface area (Å²) in [6.45, 7) is 0. The van der Waals surface area contributed by atoms with Gasteiger partial charge in [0.15, 0.2) is 0 Å². The van der Waals surface area contributed by atoms with E-state index in [2.05, 4.69) is 35.8 Å².